The molecule has 2 rings (SSSR count). The van der Waals surface area contributed by atoms with E-state index in [0.29, 0.717) is 32.6 Å². The van der Waals surface area contributed by atoms with Gasteiger partial charge in [0.25, 0.3) is 0 Å². The van der Waals surface area contributed by atoms with Crippen molar-refractivity contribution in [2.24, 2.45) is 4.99 Å². The number of hydrogen-bond acceptors (Lipinski definition) is 4. The predicted molar refractivity (Wildman–Crippen MR) is 112 cm³/mol. The van der Waals surface area contributed by atoms with Crippen molar-refractivity contribution < 1.29 is 9.84 Å². The molecule has 0 spiro atoms. The summed E-state index contributed by atoms with van der Waals surface area (Å²) in [6.07, 6.45) is 2.28. The quantitative estimate of drug-likeness (QED) is 0.342. The second kappa shape index (κ2) is 10.6. The van der Waals surface area contributed by atoms with E-state index in [4.69, 9.17) is 4.74 Å². The second-order valence-corrected chi connectivity index (χ2v) is 7.67. The lowest BCUT2D eigenvalue weighted by Gasteiger charge is -2.30. The summed E-state index contributed by atoms with van der Waals surface area (Å²) in [5, 5.41) is 17.2. The molecule has 0 aromatic carbocycles. The Balaban J connectivity index is 0.00000288. The Kier molecular flexibility index (Phi) is 9.54. The summed E-state index contributed by atoms with van der Waals surface area (Å²) in [6, 6.07) is 4.63. The van der Waals surface area contributed by atoms with Crippen LogP contribution in [-0.2, 0) is 11.2 Å². The third-order valence-corrected chi connectivity index (χ3v) is 5.01. The van der Waals surface area contributed by atoms with Gasteiger partial charge in [-0.05, 0) is 32.9 Å². The Hall–Kier alpha value is -0.380. The molecule has 1 aromatic rings. The molecule has 1 atom stereocenters. The summed E-state index contributed by atoms with van der Waals surface area (Å²) < 4.78 is 5.31. The van der Waals surface area contributed by atoms with Crippen LogP contribution in [0.1, 0.15) is 36.4 Å². The Morgan fingerprint density at radius 2 is 2.12 bits per heavy atom. The molecule has 1 unspecified atom stereocenters. The highest BCUT2D eigenvalue weighted by atomic mass is 127. The highest BCUT2D eigenvalue weighted by molar-refractivity contribution is 14.0. The molecule has 7 heteroatoms. The first-order valence-electron chi connectivity index (χ1n) is 8.41. The molecule has 24 heavy (non-hydrogen) atoms. The van der Waals surface area contributed by atoms with Crippen LogP contribution in [0.3, 0.4) is 0 Å². The van der Waals surface area contributed by atoms with Gasteiger partial charge in [-0.25, -0.2) is 0 Å². The van der Waals surface area contributed by atoms with Crippen LogP contribution in [0.25, 0.3) is 0 Å². The van der Waals surface area contributed by atoms with Crippen molar-refractivity contribution in [1.82, 2.24) is 10.6 Å². The summed E-state index contributed by atoms with van der Waals surface area (Å²) in [6.45, 7) is 8.79. The van der Waals surface area contributed by atoms with Crippen LogP contribution in [0.5, 0.6) is 0 Å². The third-order valence-electron chi connectivity index (χ3n) is 3.99. The Morgan fingerprint density at radius 3 is 2.71 bits per heavy atom. The number of aliphatic imine (C=N–C) groups is 1. The van der Waals surface area contributed by atoms with Crippen molar-refractivity contribution >= 4 is 41.3 Å². The molecule has 5 nitrogen and oxygen atoms in total. The van der Waals surface area contributed by atoms with Crippen molar-refractivity contribution in [2.75, 3.05) is 26.3 Å². The molecular formula is C17H30IN3O2S. The van der Waals surface area contributed by atoms with Crippen molar-refractivity contribution in [3.05, 3.63) is 21.9 Å². The molecule has 1 saturated heterocycles. The molecule has 0 aliphatic carbocycles. The number of nitrogens with zero attached hydrogens (tertiary/aromatic N) is 1. The lowest BCUT2D eigenvalue weighted by molar-refractivity contribution is -0.0566. The molecule has 2 heterocycles. The van der Waals surface area contributed by atoms with Crippen LogP contribution in [0.2, 0.25) is 0 Å². The van der Waals surface area contributed by atoms with Crippen molar-refractivity contribution in [3.8, 4) is 0 Å². The Morgan fingerprint density at radius 1 is 1.42 bits per heavy atom. The highest BCUT2D eigenvalue weighted by Gasteiger charge is 2.29. The normalized spacial score (nSPS) is 18.6. The topological polar surface area (TPSA) is 65.9 Å². The zero-order valence-corrected chi connectivity index (χ0v) is 17.9. The number of halogens is 1. The number of guanidine groups is 1. The fraction of sp³-hybridized carbons (Fsp3) is 0.706. The van der Waals surface area contributed by atoms with E-state index in [1.807, 2.05) is 18.3 Å². The van der Waals surface area contributed by atoms with Crippen LogP contribution >= 0.6 is 35.3 Å². The molecular weight excluding hydrogens is 437 g/mol. The van der Waals surface area contributed by atoms with Crippen LogP contribution in [-0.4, -0.2) is 49.0 Å². The maximum Gasteiger partial charge on any atom is 0.191 e. The molecule has 1 aliphatic heterocycles. The number of nitrogens with one attached hydrogen (secondary N) is 2. The van der Waals surface area contributed by atoms with Gasteiger partial charge in [-0.3, -0.25) is 4.99 Å². The summed E-state index contributed by atoms with van der Waals surface area (Å²) in [5.74, 6) is 0.771. The molecule has 0 radical (unpaired) electrons. The van der Waals surface area contributed by atoms with Gasteiger partial charge in [0, 0.05) is 54.8 Å². The monoisotopic (exact) mass is 467 g/mol. The highest BCUT2D eigenvalue weighted by Crippen LogP contribution is 2.20. The van der Waals surface area contributed by atoms with Crippen LogP contribution in [0.15, 0.2) is 17.1 Å². The molecule has 1 aromatic heterocycles. The van der Waals surface area contributed by atoms with Gasteiger partial charge in [-0.2, -0.15) is 0 Å². The van der Waals surface area contributed by atoms with Gasteiger partial charge in [-0.1, -0.05) is 0 Å². The number of rotatable bonds is 6. The van der Waals surface area contributed by atoms with E-state index in [1.165, 1.54) is 9.75 Å². The van der Waals surface area contributed by atoms with Gasteiger partial charge < -0.3 is 20.5 Å². The summed E-state index contributed by atoms with van der Waals surface area (Å²) in [5.41, 5.74) is -0.727. The van der Waals surface area contributed by atoms with E-state index in [1.54, 1.807) is 0 Å². The van der Waals surface area contributed by atoms with E-state index >= 15 is 0 Å². The van der Waals surface area contributed by atoms with Gasteiger partial charge in [0.2, 0.25) is 0 Å². The zero-order valence-electron chi connectivity index (χ0n) is 14.8. The third kappa shape index (κ3) is 7.25. The van der Waals surface area contributed by atoms with E-state index in [9.17, 15) is 5.11 Å². The number of thiophene rings is 1. The van der Waals surface area contributed by atoms with Gasteiger partial charge >= 0.3 is 0 Å². The number of ether oxygens (including phenoxy) is 1. The summed E-state index contributed by atoms with van der Waals surface area (Å²) in [7, 11) is 0. The van der Waals surface area contributed by atoms with E-state index in [2.05, 4.69) is 41.6 Å². The lowest BCUT2D eigenvalue weighted by atomic mass is 9.95. The summed E-state index contributed by atoms with van der Waals surface area (Å²) >= 11 is 1.84. The fourth-order valence-corrected chi connectivity index (χ4v) is 3.66. The Bertz CT molecular complexity index is 516. The lowest BCUT2D eigenvalue weighted by Crippen LogP contribution is -2.45. The van der Waals surface area contributed by atoms with E-state index in [0.717, 1.165) is 18.9 Å². The molecule has 0 amide bonds. The average Bonchev–Trinajstić information content (AvgIpc) is 2.91. The standard InChI is InChI=1S/C17H29N3O2S.HI/c1-4-18-16(19-12-17(21)7-9-22-10-8-17)20-13(2)11-15-6-5-14(3)23-15;/h5-6,13,21H,4,7-12H2,1-3H3,(H2,18,19,20);1H. The van der Waals surface area contributed by atoms with Crippen LogP contribution in [0, 0.1) is 6.92 Å². The van der Waals surface area contributed by atoms with E-state index in [-0.39, 0.29) is 30.0 Å². The smallest absolute Gasteiger partial charge is 0.191 e. The average molecular weight is 467 g/mol. The first-order valence-corrected chi connectivity index (χ1v) is 9.23. The minimum Gasteiger partial charge on any atom is -0.388 e. The van der Waals surface area contributed by atoms with Crippen LogP contribution < -0.4 is 10.6 Å². The minimum absolute atomic E-state index is 0. The van der Waals surface area contributed by atoms with Gasteiger partial charge in [-0.15, -0.1) is 35.3 Å². The van der Waals surface area contributed by atoms with Crippen molar-refractivity contribution in [2.45, 2.75) is 51.7 Å². The van der Waals surface area contributed by atoms with Crippen molar-refractivity contribution in [3.63, 3.8) is 0 Å². The summed E-state index contributed by atoms with van der Waals surface area (Å²) in [4.78, 5) is 7.31. The minimum atomic E-state index is -0.727. The maximum atomic E-state index is 10.5. The molecule has 1 aliphatic rings. The number of aliphatic hydroxyl groups is 1. The van der Waals surface area contributed by atoms with Gasteiger partial charge in [0.15, 0.2) is 5.96 Å². The zero-order chi connectivity index (χ0) is 16.7. The number of hydrogen-bond donors (Lipinski definition) is 3. The molecule has 138 valence electrons. The Labute approximate surface area is 166 Å². The predicted octanol–water partition coefficient (Wildman–Crippen LogP) is 2.70. The van der Waals surface area contributed by atoms with Gasteiger partial charge in [0.1, 0.15) is 0 Å². The first kappa shape index (κ1) is 21.7. The first-order chi connectivity index (χ1) is 11.0. The number of aryl methyl sites for hydroxylation is 1. The van der Waals surface area contributed by atoms with Gasteiger partial charge in [0.05, 0.1) is 12.1 Å². The second-order valence-electron chi connectivity index (χ2n) is 6.29. The SMILES string of the molecule is CCNC(=NCC1(O)CCOCC1)NC(C)Cc1ccc(C)s1.I. The fourth-order valence-electron chi connectivity index (χ4n) is 2.64. The van der Waals surface area contributed by atoms with Crippen molar-refractivity contribution in [1.29, 1.82) is 0 Å². The van der Waals surface area contributed by atoms with Crippen LogP contribution in [0.4, 0.5) is 0 Å². The molecule has 0 bridgehead atoms. The van der Waals surface area contributed by atoms with E-state index < -0.39 is 5.60 Å². The largest absolute Gasteiger partial charge is 0.388 e. The molecule has 1 fully saturated rings. The maximum absolute atomic E-state index is 10.5. The molecule has 3 N–H and O–H groups in total. The molecule has 0 saturated carbocycles.